The van der Waals surface area contributed by atoms with Gasteiger partial charge in [0.2, 0.25) is 5.91 Å². The molecule has 0 atom stereocenters. The van der Waals surface area contributed by atoms with Gasteiger partial charge in [0.25, 0.3) is 0 Å². The summed E-state index contributed by atoms with van der Waals surface area (Å²) >= 11 is 0. The highest BCUT2D eigenvalue weighted by atomic mass is 16.1. The minimum absolute atomic E-state index is 0.111. The lowest BCUT2D eigenvalue weighted by atomic mass is 10.1. The van der Waals surface area contributed by atoms with Gasteiger partial charge in [-0.15, -0.1) is 0 Å². The van der Waals surface area contributed by atoms with Crippen LogP contribution in [0.3, 0.4) is 0 Å². The van der Waals surface area contributed by atoms with Crippen molar-refractivity contribution in [3.8, 4) is 0 Å². The molecule has 0 spiro atoms. The number of nitrogens with one attached hydrogen (secondary N) is 3. The average Bonchev–Trinajstić information content (AvgIpc) is 2.81. The lowest BCUT2D eigenvalue weighted by molar-refractivity contribution is -0.121. The molecule has 0 aliphatic carbocycles. The molecule has 1 amide bonds. The largest absolute Gasteiger partial charge is 0.361 e. The number of hydrogen-bond donors (Lipinski definition) is 3. The Morgan fingerprint density at radius 3 is 2.85 bits per heavy atom. The molecule has 0 aliphatic heterocycles. The van der Waals surface area contributed by atoms with Crippen molar-refractivity contribution < 1.29 is 4.79 Å². The van der Waals surface area contributed by atoms with E-state index in [4.69, 9.17) is 0 Å². The summed E-state index contributed by atoms with van der Waals surface area (Å²) in [7, 11) is 0. The van der Waals surface area contributed by atoms with Crippen LogP contribution in [0.5, 0.6) is 0 Å². The van der Waals surface area contributed by atoms with E-state index in [1.807, 2.05) is 19.9 Å². The van der Waals surface area contributed by atoms with Crippen LogP contribution in [0, 0.1) is 0 Å². The van der Waals surface area contributed by atoms with Gasteiger partial charge in [0, 0.05) is 36.1 Å². The van der Waals surface area contributed by atoms with Gasteiger partial charge in [-0.25, -0.2) is 0 Å². The molecular formula is C16H23N3O. The van der Waals surface area contributed by atoms with Crippen LogP contribution in [0.15, 0.2) is 30.5 Å². The number of amides is 1. The molecule has 1 heterocycles. The third kappa shape index (κ3) is 4.10. The molecule has 2 aromatic rings. The number of rotatable bonds is 7. The third-order valence-corrected chi connectivity index (χ3v) is 3.22. The van der Waals surface area contributed by atoms with E-state index in [0.717, 1.165) is 19.5 Å². The minimum atomic E-state index is 0.111. The Morgan fingerprint density at radius 1 is 1.25 bits per heavy atom. The number of aromatic nitrogens is 1. The molecule has 0 saturated carbocycles. The molecule has 1 aromatic carbocycles. The van der Waals surface area contributed by atoms with E-state index in [2.05, 4.69) is 40.0 Å². The maximum atomic E-state index is 11.5. The number of H-pyrrole nitrogens is 1. The lowest BCUT2D eigenvalue weighted by Gasteiger charge is -2.08. The fourth-order valence-electron chi connectivity index (χ4n) is 2.28. The second-order valence-corrected chi connectivity index (χ2v) is 5.33. The Balaban J connectivity index is 1.70. The molecule has 0 fully saturated rings. The van der Waals surface area contributed by atoms with E-state index >= 15 is 0 Å². The smallest absolute Gasteiger partial charge is 0.221 e. The number of carbonyl (C=O) groups excluding carboxylic acids is 1. The molecule has 4 nitrogen and oxygen atoms in total. The van der Waals surface area contributed by atoms with Crippen LogP contribution in [0.4, 0.5) is 0 Å². The molecule has 20 heavy (non-hydrogen) atoms. The second-order valence-electron chi connectivity index (χ2n) is 5.33. The lowest BCUT2D eigenvalue weighted by Crippen LogP contribution is -2.32. The first-order valence-corrected chi connectivity index (χ1v) is 7.22. The number of para-hydroxylation sites is 1. The van der Waals surface area contributed by atoms with Gasteiger partial charge in [-0.3, -0.25) is 4.79 Å². The maximum Gasteiger partial charge on any atom is 0.221 e. The van der Waals surface area contributed by atoms with E-state index in [9.17, 15) is 4.79 Å². The molecule has 0 radical (unpaired) electrons. The molecule has 1 aromatic heterocycles. The summed E-state index contributed by atoms with van der Waals surface area (Å²) in [5.74, 6) is 0.111. The molecule has 0 unspecified atom stereocenters. The number of hydrogen-bond acceptors (Lipinski definition) is 2. The molecule has 108 valence electrons. The van der Waals surface area contributed by atoms with E-state index < -0.39 is 0 Å². The normalized spacial score (nSPS) is 11.2. The highest BCUT2D eigenvalue weighted by Crippen LogP contribution is 2.17. The highest BCUT2D eigenvalue weighted by molar-refractivity contribution is 5.83. The summed E-state index contributed by atoms with van der Waals surface area (Å²) in [6, 6.07) is 8.53. The Labute approximate surface area is 120 Å². The zero-order valence-electron chi connectivity index (χ0n) is 12.2. The quantitative estimate of drug-likeness (QED) is 0.677. The van der Waals surface area contributed by atoms with Crippen LogP contribution in [-0.4, -0.2) is 30.0 Å². The summed E-state index contributed by atoms with van der Waals surface area (Å²) < 4.78 is 0. The van der Waals surface area contributed by atoms with Crippen molar-refractivity contribution >= 4 is 16.8 Å². The minimum Gasteiger partial charge on any atom is -0.361 e. The van der Waals surface area contributed by atoms with E-state index in [1.165, 1.54) is 16.5 Å². The van der Waals surface area contributed by atoms with Gasteiger partial charge in [0.05, 0.1) is 0 Å². The van der Waals surface area contributed by atoms with Crippen molar-refractivity contribution in [2.45, 2.75) is 32.7 Å². The van der Waals surface area contributed by atoms with Gasteiger partial charge in [0.15, 0.2) is 0 Å². The van der Waals surface area contributed by atoms with Gasteiger partial charge in [0.1, 0.15) is 0 Å². The average molecular weight is 273 g/mol. The van der Waals surface area contributed by atoms with E-state index in [0.29, 0.717) is 6.42 Å². The van der Waals surface area contributed by atoms with Crippen LogP contribution >= 0.6 is 0 Å². The first-order valence-electron chi connectivity index (χ1n) is 7.22. The van der Waals surface area contributed by atoms with Crippen LogP contribution < -0.4 is 10.6 Å². The van der Waals surface area contributed by atoms with Crippen LogP contribution in [-0.2, 0) is 11.2 Å². The molecule has 0 saturated heterocycles. The van der Waals surface area contributed by atoms with Crippen molar-refractivity contribution in [3.05, 3.63) is 36.0 Å². The summed E-state index contributed by atoms with van der Waals surface area (Å²) in [6.07, 6.45) is 3.57. The fourth-order valence-corrected chi connectivity index (χ4v) is 2.28. The Bertz CT molecular complexity index is 560. The SMILES string of the molecule is CC(C)NC(=O)CCNCCc1c[nH]c2ccccc12. The zero-order chi connectivity index (χ0) is 14.4. The zero-order valence-corrected chi connectivity index (χ0v) is 12.2. The Kier molecular flexibility index (Phi) is 5.18. The van der Waals surface area contributed by atoms with Gasteiger partial charge in [-0.05, 0) is 38.4 Å². The predicted molar refractivity (Wildman–Crippen MR) is 82.8 cm³/mol. The van der Waals surface area contributed by atoms with Crippen molar-refractivity contribution in [2.75, 3.05) is 13.1 Å². The fraction of sp³-hybridized carbons (Fsp3) is 0.438. The number of benzene rings is 1. The first-order chi connectivity index (χ1) is 9.66. The molecule has 0 aliphatic rings. The monoisotopic (exact) mass is 273 g/mol. The maximum absolute atomic E-state index is 11.5. The van der Waals surface area contributed by atoms with E-state index in [-0.39, 0.29) is 11.9 Å². The van der Waals surface area contributed by atoms with Gasteiger partial charge >= 0.3 is 0 Å². The van der Waals surface area contributed by atoms with Crippen molar-refractivity contribution in [2.24, 2.45) is 0 Å². The van der Waals surface area contributed by atoms with Crippen molar-refractivity contribution in [3.63, 3.8) is 0 Å². The van der Waals surface area contributed by atoms with Crippen LogP contribution in [0.1, 0.15) is 25.8 Å². The van der Waals surface area contributed by atoms with E-state index in [1.54, 1.807) is 0 Å². The third-order valence-electron chi connectivity index (χ3n) is 3.22. The predicted octanol–water partition coefficient (Wildman–Crippen LogP) is 2.21. The number of fused-ring (bicyclic) bond motifs is 1. The second kappa shape index (κ2) is 7.10. The van der Waals surface area contributed by atoms with Crippen molar-refractivity contribution in [1.29, 1.82) is 0 Å². The van der Waals surface area contributed by atoms with Crippen LogP contribution in [0.25, 0.3) is 10.9 Å². The molecular weight excluding hydrogens is 250 g/mol. The molecule has 2 rings (SSSR count). The Morgan fingerprint density at radius 2 is 2.05 bits per heavy atom. The first kappa shape index (κ1) is 14.6. The summed E-state index contributed by atoms with van der Waals surface area (Å²) in [5, 5.41) is 7.49. The topological polar surface area (TPSA) is 56.9 Å². The summed E-state index contributed by atoms with van der Waals surface area (Å²) in [4.78, 5) is 14.7. The van der Waals surface area contributed by atoms with Crippen LogP contribution in [0.2, 0.25) is 0 Å². The molecule has 4 heteroatoms. The summed E-state index contributed by atoms with van der Waals surface area (Å²) in [5.41, 5.74) is 2.50. The Hall–Kier alpha value is -1.81. The molecule has 3 N–H and O–H groups in total. The van der Waals surface area contributed by atoms with Gasteiger partial charge in [-0.1, -0.05) is 18.2 Å². The number of carbonyl (C=O) groups is 1. The highest BCUT2D eigenvalue weighted by Gasteiger charge is 2.04. The molecule has 0 bridgehead atoms. The summed E-state index contributed by atoms with van der Waals surface area (Å²) in [6.45, 7) is 5.56. The van der Waals surface area contributed by atoms with Gasteiger partial charge < -0.3 is 15.6 Å². The number of aromatic amines is 1. The van der Waals surface area contributed by atoms with Gasteiger partial charge in [-0.2, -0.15) is 0 Å². The van der Waals surface area contributed by atoms with Crippen molar-refractivity contribution in [1.82, 2.24) is 15.6 Å². The standard InChI is InChI=1S/C16H23N3O/c1-12(2)19-16(20)8-10-17-9-7-13-11-18-15-6-4-3-5-14(13)15/h3-6,11-12,17-18H,7-10H2,1-2H3,(H,19,20).